The van der Waals surface area contributed by atoms with Crippen LogP contribution in [0.2, 0.25) is 0 Å². The number of benzene rings is 3. The van der Waals surface area contributed by atoms with E-state index in [4.69, 9.17) is 4.74 Å². The van der Waals surface area contributed by atoms with Crippen molar-refractivity contribution in [3.8, 4) is 5.75 Å². The molecule has 0 saturated carbocycles. The number of rotatable bonds is 15. The van der Waals surface area contributed by atoms with Crippen molar-refractivity contribution in [3.05, 3.63) is 90.5 Å². The highest BCUT2D eigenvalue weighted by atomic mass is 32.2. The smallest absolute Gasteiger partial charge is 0.264 e. The Morgan fingerprint density at radius 2 is 1.50 bits per heavy atom. The molecule has 1 unspecified atom stereocenters. The Balaban J connectivity index is 1.98. The average Bonchev–Trinajstić information content (AvgIpc) is 2.98. The summed E-state index contributed by atoms with van der Waals surface area (Å²) in [7, 11) is -4.10. The molecule has 0 aliphatic carbocycles. The maximum Gasteiger partial charge on any atom is 0.264 e. The number of anilines is 1. The zero-order chi connectivity index (χ0) is 29.0. The number of sulfonamides is 1. The van der Waals surface area contributed by atoms with E-state index < -0.39 is 28.5 Å². The lowest BCUT2D eigenvalue weighted by Crippen LogP contribution is -2.53. The van der Waals surface area contributed by atoms with E-state index in [1.54, 1.807) is 42.5 Å². The lowest BCUT2D eigenvalue weighted by molar-refractivity contribution is -0.139. The Morgan fingerprint density at radius 1 is 0.875 bits per heavy atom. The van der Waals surface area contributed by atoms with Crippen LogP contribution in [0.3, 0.4) is 0 Å². The van der Waals surface area contributed by atoms with Crippen molar-refractivity contribution in [1.29, 1.82) is 0 Å². The fourth-order valence-corrected chi connectivity index (χ4v) is 5.82. The van der Waals surface area contributed by atoms with E-state index in [0.29, 0.717) is 37.4 Å². The molecular weight excluding hydrogens is 526 g/mol. The van der Waals surface area contributed by atoms with Gasteiger partial charge in [0, 0.05) is 13.1 Å². The topological polar surface area (TPSA) is 96.0 Å². The summed E-state index contributed by atoms with van der Waals surface area (Å²) in [4.78, 5) is 28.7. The van der Waals surface area contributed by atoms with E-state index in [9.17, 15) is 18.0 Å². The van der Waals surface area contributed by atoms with Crippen molar-refractivity contribution in [2.24, 2.45) is 0 Å². The van der Waals surface area contributed by atoms with E-state index in [2.05, 4.69) is 5.32 Å². The summed E-state index contributed by atoms with van der Waals surface area (Å²) in [6, 6.07) is 23.6. The first-order valence-corrected chi connectivity index (χ1v) is 15.2. The molecule has 0 heterocycles. The van der Waals surface area contributed by atoms with Gasteiger partial charge < -0.3 is 15.0 Å². The molecule has 2 amide bonds. The first-order chi connectivity index (χ1) is 19.3. The molecule has 214 valence electrons. The molecule has 8 nitrogen and oxygen atoms in total. The summed E-state index contributed by atoms with van der Waals surface area (Å²) >= 11 is 0. The number of hydrogen-bond acceptors (Lipinski definition) is 5. The Morgan fingerprint density at radius 3 is 2.08 bits per heavy atom. The van der Waals surface area contributed by atoms with Crippen molar-refractivity contribution in [3.63, 3.8) is 0 Å². The van der Waals surface area contributed by atoms with Crippen molar-refractivity contribution in [2.75, 3.05) is 30.5 Å². The highest BCUT2D eigenvalue weighted by Gasteiger charge is 2.33. The van der Waals surface area contributed by atoms with E-state index >= 15 is 0 Å². The van der Waals surface area contributed by atoms with Crippen LogP contribution in [0.4, 0.5) is 5.69 Å². The Labute approximate surface area is 238 Å². The number of carbonyl (C=O) groups is 2. The zero-order valence-electron chi connectivity index (χ0n) is 23.5. The van der Waals surface area contributed by atoms with Gasteiger partial charge in [-0.05, 0) is 68.1 Å². The molecule has 0 fully saturated rings. The van der Waals surface area contributed by atoms with Gasteiger partial charge in [-0.1, -0.05) is 62.4 Å². The minimum absolute atomic E-state index is 0.0697. The second kappa shape index (κ2) is 15.1. The standard InChI is InChI=1S/C31H39N3O5S/c1-4-22-32-31(36)29(5-2)33(23-21-25-13-9-7-10-14-25)30(35)24-34(26-17-19-27(20-18-26)39-6-3)40(37,38)28-15-11-8-12-16-28/h7-20,29H,4-6,21-24H2,1-3H3,(H,32,36). The van der Waals surface area contributed by atoms with Crippen molar-refractivity contribution in [1.82, 2.24) is 10.2 Å². The van der Waals surface area contributed by atoms with Crippen LogP contribution < -0.4 is 14.4 Å². The molecule has 0 radical (unpaired) electrons. The Hall–Kier alpha value is -3.85. The number of amides is 2. The third-order valence-electron chi connectivity index (χ3n) is 6.47. The summed E-state index contributed by atoms with van der Waals surface area (Å²) in [6.07, 6.45) is 1.68. The van der Waals surface area contributed by atoms with E-state index in [0.717, 1.165) is 16.3 Å². The second-order valence-corrected chi connectivity index (χ2v) is 11.2. The molecule has 0 aliphatic rings. The van der Waals surface area contributed by atoms with Crippen LogP contribution in [0.1, 0.15) is 39.2 Å². The summed E-state index contributed by atoms with van der Waals surface area (Å²) in [6.45, 7) is 6.45. The fraction of sp³-hybridized carbons (Fsp3) is 0.355. The molecule has 3 aromatic carbocycles. The SMILES string of the molecule is CCCNC(=O)C(CC)N(CCc1ccccc1)C(=O)CN(c1ccc(OCC)cc1)S(=O)(=O)c1ccccc1. The molecule has 0 saturated heterocycles. The number of hydrogen-bond donors (Lipinski definition) is 1. The van der Waals surface area contributed by atoms with Gasteiger partial charge in [-0.3, -0.25) is 13.9 Å². The summed E-state index contributed by atoms with van der Waals surface area (Å²) < 4.78 is 34.3. The van der Waals surface area contributed by atoms with E-state index in [1.807, 2.05) is 51.1 Å². The van der Waals surface area contributed by atoms with Crippen LogP contribution >= 0.6 is 0 Å². The molecule has 0 bridgehead atoms. The number of nitrogens with zero attached hydrogens (tertiary/aromatic N) is 2. The average molecular weight is 566 g/mol. The molecule has 1 atom stereocenters. The summed E-state index contributed by atoms with van der Waals surface area (Å²) in [5, 5.41) is 2.90. The van der Waals surface area contributed by atoms with Crippen molar-refractivity contribution >= 4 is 27.5 Å². The first-order valence-electron chi connectivity index (χ1n) is 13.7. The van der Waals surface area contributed by atoms with Gasteiger partial charge in [0.05, 0.1) is 17.2 Å². The summed E-state index contributed by atoms with van der Waals surface area (Å²) in [5.74, 6) is -0.107. The number of ether oxygens (including phenoxy) is 1. The molecule has 1 N–H and O–H groups in total. The van der Waals surface area contributed by atoms with Gasteiger partial charge in [0.25, 0.3) is 10.0 Å². The monoisotopic (exact) mass is 565 g/mol. The molecule has 0 aliphatic heterocycles. The lowest BCUT2D eigenvalue weighted by atomic mass is 10.1. The van der Waals surface area contributed by atoms with Crippen LogP contribution in [0.5, 0.6) is 5.75 Å². The minimum atomic E-state index is -4.10. The highest BCUT2D eigenvalue weighted by Crippen LogP contribution is 2.26. The van der Waals surface area contributed by atoms with Crippen LogP contribution in [0.25, 0.3) is 0 Å². The molecular formula is C31H39N3O5S. The van der Waals surface area contributed by atoms with Crippen LogP contribution in [0.15, 0.2) is 89.8 Å². The maximum atomic E-state index is 14.0. The maximum absolute atomic E-state index is 14.0. The van der Waals surface area contributed by atoms with Gasteiger partial charge in [0.1, 0.15) is 18.3 Å². The molecule has 0 spiro atoms. The summed E-state index contributed by atoms with van der Waals surface area (Å²) in [5.41, 5.74) is 1.34. The zero-order valence-corrected chi connectivity index (χ0v) is 24.3. The highest BCUT2D eigenvalue weighted by molar-refractivity contribution is 7.92. The first kappa shape index (κ1) is 30.7. The molecule has 3 aromatic rings. The minimum Gasteiger partial charge on any atom is -0.494 e. The van der Waals surface area contributed by atoms with Crippen LogP contribution in [-0.4, -0.2) is 57.4 Å². The normalized spacial score (nSPS) is 11.9. The van der Waals surface area contributed by atoms with E-state index in [-0.39, 0.29) is 17.3 Å². The second-order valence-electron chi connectivity index (χ2n) is 9.29. The number of carbonyl (C=O) groups excluding carboxylic acids is 2. The van der Waals surface area contributed by atoms with Gasteiger partial charge >= 0.3 is 0 Å². The predicted molar refractivity (Wildman–Crippen MR) is 158 cm³/mol. The van der Waals surface area contributed by atoms with Gasteiger partial charge in [-0.25, -0.2) is 8.42 Å². The molecule has 40 heavy (non-hydrogen) atoms. The van der Waals surface area contributed by atoms with Crippen LogP contribution in [0, 0.1) is 0 Å². The largest absolute Gasteiger partial charge is 0.494 e. The third kappa shape index (κ3) is 8.08. The number of nitrogens with one attached hydrogen (secondary N) is 1. The predicted octanol–water partition coefficient (Wildman–Crippen LogP) is 4.66. The van der Waals surface area contributed by atoms with Gasteiger partial charge in [0.2, 0.25) is 11.8 Å². The van der Waals surface area contributed by atoms with Crippen molar-refractivity contribution < 1.29 is 22.7 Å². The van der Waals surface area contributed by atoms with Crippen molar-refractivity contribution in [2.45, 2.75) is 51.0 Å². The Kier molecular flexibility index (Phi) is 11.6. The van der Waals surface area contributed by atoms with Gasteiger partial charge in [-0.2, -0.15) is 0 Å². The van der Waals surface area contributed by atoms with Gasteiger partial charge in [-0.15, -0.1) is 0 Å². The molecule has 3 rings (SSSR count). The third-order valence-corrected chi connectivity index (χ3v) is 8.25. The quantitative estimate of drug-likeness (QED) is 0.289. The lowest BCUT2D eigenvalue weighted by Gasteiger charge is -2.33. The molecule has 0 aromatic heterocycles. The van der Waals surface area contributed by atoms with Crippen LogP contribution in [-0.2, 0) is 26.0 Å². The fourth-order valence-electron chi connectivity index (χ4n) is 4.39. The van der Waals surface area contributed by atoms with Gasteiger partial charge in [0.15, 0.2) is 0 Å². The Bertz CT molecular complexity index is 1320. The molecule has 9 heteroatoms. The van der Waals surface area contributed by atoms with E-state index in [1.165, 1.54) is 17.0 Å².